The van der Waals surface area contributed by atoms with Crippen molar-refractivity contribution in [3.8, 4) is 0 Å². The number of carbonyl (C=O) groups is 1. The van der Waals surface area contributed by atoms with Crippen LogP contribution < -0.4 is 0 Å². The summed E-state index contributed by atoms with van der Waals surface area (Å²) in [5, 5.41) is 14.6. The third-order valence-electron chi connectivity index (χ3n) is 4.64. The second kappa shape index (κ2) is 8.11. The Balaban J connectivity index is 1.52. The lowest BCUT2D eigenvalue weighted by Gasteiger charge is -2.33. The molecule has 24 heavy (non-hydrogen) atoms. The Kier molecular flexibility index (Phi) is 5.89. The summed E-state index contributed by atoms with van der Waals surface area (Å²) in [5.41, 5.74) is 0. The van der Waals surface area contributed by atoms with Gasteiger partial charge >= 0.3 is 0 Å². The van der Waals surface area contributed by atoms with Crippen LogP contribution in [0.25, 0.3) is 0 Å². The summed E-state index contributed by atoms with van der Waals surface area (Å²) in [4.78, 5) is 15.6. The fraction of sp³-hybridized carbons (Fsp3) is 0.625. The molecule has 1 aliphatic rings. The van der Waals surface area contributed by atoms with Crippen molar-refractivity contribution >= 4 is 29.0 Å². The third-order valence-corrected chi connectivity index (χ3v) is 6.44. The first-order chi connectivity index (χ1) is 11.6. The standard InChI is InChI=1S/C16H23N5OS2/c1-12-5-7-13(8-6-12)20(2)15(22)11-24-16-17-18-19-21(16)10-14-4-3-9-23-14/h3-4,9,12-13H,5-8,10-11H2,1-2H3. The Hall–Kier alpha value is -1.41. The van der Waals surface area contributed by atoms with E-state index in [-0.39, 0.29) is 5.91 Å². The molecule has 3 rings (SSSR count). The SMILES string of the molecule is CC1CCC(N(C)C(=O)CSc2nnnn2Cc2cccs2)CC1. The Morgan fingerprint density at radius 2 is 2.21 bits per heavy atom. The Morgan fingerprint density at radius 3 is 2.92 bits per heavy atom. The first-order valence-electron chi connectivity index (χ1n) is 8.30. The van der Waals surface area contributed by atoms with Gasteiger partial charge in [0.25, 0.3) is 0 Å². The summed E-state index contributed by atoms with van der Waals surface area (Å²) in [5.74, 6) is 1.33. The Bertz CT molecular complexity index is 649. The van der Waals surface area contributed by atoms with E-state index in [1.807, 2.05) is 23.4 Å². The zero-order valence-electron chi connectivity index (χ0n) is 14.1. The number of tetrazole rings is 1. The van der Waals surface area contributed by atoms with E-state index < -0.39 is 0 Å². The van der Waals surface area contributed by atoms with Crippen molar-refractivity contribution in [2.24, 2.45) is 5.92 Å². The van der Waals surface area contributed by atoms with Gasteiger partial charge in [-0.05, 0) is 53.5 Å². The third kappa shape index (κ3) is 4.36. The van der Waals surface area contributed by atoms with E-state index in [4.69, 9.17) is 0 Å². The topological polar surface area (TPSA) is 63.9 Å². The molecule has 2 aromatic heterocycles. The molecule has 0 saturated heterocycles. The number of rotatable bonds is 6. The van der Waals surface area contributed by atoms with Gasteiger partial charge in [0.1, 0.15) is 0 Å². The number of nitrogens with zero attached hydrogens (tertiary/aromatic N) is 5. The summed E-state index contributed by atoms with van der Waals surface area (Å²) in [6, 6.07) is 4.46. The molecular formula is C16H23N5OS2. The van der Waals surface area contributed by atoms with Crippen LogP contribution in [0.3, 0.4) is 0 Å². The molecule has 0 N–H and O–H groups in total. The van der Waals surface area contributed by atoms with Gasteiger partial charge in [0.05, 0.1) is 12.3 Å². The van der Waals surface area contributed by atoms with Crippen LogP contribution in [0.2, 0.25) is 0 Å². The van der Waals surface area contributed by atoms with Crippen LogP contribution in [-0.2, 0) is 11.3 Å². The minimum atomic E-state index is 0.158. The second-order valence-corrected chi connectivity index (χ2v) is 8.38. The minimum absolute atomic E-state index is 0.158. The van der Waals surface area contributed by atoms with E-state index in [0.29, 0.717) is 23.5 Å². The summed E-state index contributed by atoms with van der Waals surface area (Å²) in [6.07, 6.45) is 4.66. The number of hydrogen-bond donors (Lipinski definition) is 0. The molecule has 0 atom stereocenters. The number of hydrogen-bond acceptors (Lipinski definition) is 6. The Labute approximate surface area is 150 Å². The van der Waals surface area contributed by atoms with Crippen LogP contribution >= 0.6 is 23.1 Å². The van der Waals surface area contributed by atoms with Gasteiger partial charge in [-0.2, -0.15) is 0 Å². The first-order valence-corrected chi connectivity index (χ1v) is 10.2. The van der Waals surface area contributed by atoms with E-state index >= 15 is 0 Å². The zero-order chi connectivity index (χ0) is 16.9. The van der Waals surface area contributed by atoms with Crippen LogP contribution in [0, 0.1) is 5.92 Å². The summed E-state index contributed by atoms with van der Waals surface area (Å²) in [6.45, 7) is 2.94. The fourth-order valence-electron chi connectivity index (χ4n) is 3.01. The van der Waals surface area contributed by atoms with Gasteiger partial charge in [0.15, 0.2) is 0 Å². The number of thiophene rings is 1. The first kappa shape index (κ1) is 17.4. The summed E-state index contributed by atoms with van der Waals surface area (Å²) in [7, 11) is 1.93. The molecule has 1 fully saturated rings. The highest BCUT2D eigenvalue weighted by molar-refractivity contribution is 7.99. The summed E-state index contributed by atoms with van der Waals surface area (Å²) >= 11 is 3.09. The van der Waals surface area contributed by atoms with Crippen LogP contribution in [0.1, 0.15) is 37.5 Å². The van der Waals surface area contributed by atoms with Gasteiger partial charge in [-0.3, -0.25) is 4.79 Å². The zero-order valence-corrected chi connectivity index (χ0v) is 15.7. The normalized spacial score (nSPS) is 20.9. The van der Waals surface area contributed by atoms with Crippen LogP contribution in [0.5, 0.6) is 0 Å². The maximum atomic E-state index is 12.5. The lowest BCUT2D eigenvalue weighted by atomic mass is 9.87. The highest BCUT2D eigenvalue weighted by Crippen LogP contribution is 2.27. The van der Waals surface area contributed by atoms with Gasteiger partial charge in [-0.1, -0.05) is 24.8 Å². The fourth-order valence-corrected chi connectivity index (χ4v) is 4.50. The lowest BCUT2D eigenvalue weighted by Crippen LogP contribution is -2.40. The predicted octanol–water partition coefficient (Wildman–Crippen LogP) is 2.91. The molecule has 8 heteroatoms. The molecule has 1 saturated carbocycles. The smallest absolute Gasteiger partial charge is 0.233 e. The van der Waals surface area contributed by atoms with Crippen molar-refractivity contribution in [2.45, 2.75) is 50.4 Å². The molecular weight excluding hydrogens is 342 g/mol. The molecule has 0 bridgehead atoms. The lowest BCUT2D eigenvalue weighted by molar-refractivity contribution is -0.129. The van der Waals surface area contributed by atoms with E-state index in [0.717, 1.165) is 18.8 Å². The molecule has 2 aromatic rings. The van der Waals surface area contributed by atoms with E-state index in [2.05, 4.69) is 28.5 Å². The highest BCUT2D eigenvalue weighted by Gasteiger charge is 2.25. The number of thioether (sulfide) groups is 1. The second-order valence-electron chi connectivity index (χ2n) is 6.41. The van der Waals surface area contributed by atoms with Gasteiger partial charge in [-0.15, -0.1) is 16.4 Å². The van der Waals surface area contributed by atoms with Crippen LogP contribution in [-0.4, -0.2) is 49.9 Å². The number of aromatic nitrogens is 4. The van der Waals surface area contributed by atoms with Crippen LogP contribution in [0.15, 0.2) is 22.7 Å². The molecule has 1 aliphatic carbocycles. The predicted molar refractivity (Wildman–Crippen MR) is 96.2 cm³/mol. The van der Waals surface area contributed by atoms with Crippen molar-refractivity contribution in [3.63, 3.8) is 0 Å². The van der Waals surface area contributed by atoms with Gasteiger partial charge in [0.2, 0.25) is 11.1 Å². The van der Waals surface area contributed by atoms with Crippen LogP contribution in [0.4, 0.5) is 0 Å². The van der Waals surface area contributed by atoms with Gasteiger partial charge in [0, 0.05) is 18.0 Å². The van der Waals surface area contributed by atoms with Crippen molar-refractivity contribution in [1.82, 2.24) is 25.1 Å². The molecule has 130 valence electrons. The molecule has 0 aromatic carbocycles. The average molecular weight is 366 g/mol. The minimum Gasteiger partial charge on any atom is -0.342 e. The average Bonchev–Trinajstić information content (AvgIpc) is 3.25. The monoisotopic (exact) mass is 365 g/mol. The van der Waals surface area contributed by atoms with Crippen molar-refractivity contribution < 1.29 is 4.79 Å². The largest absolute Gasteiger partial charge is 0.342 e. The van der Waals surface area contributed by atoms with Crippen molar-refractivity contribution in [1.29, 1.82) is 0 Å². The number of carbonyl (C=O) groups excluding carboxylic acids is 1. The molecule has 6 nitrogen and oxygen atoms in total. The molecule has 0 radical (unpaired) electrons. The maximum absolute atomic E-state index is 12.5. The van der Waals surface area contributed by atoms with Crippen molar-refractivity contribution in [3.05, 3.63) is 22.4 Å². The Morgan fingerprint density at radius 1 is 1.42 bits per heavy atom. The quantitative estimate of drug-likeness (QED) is 0.737. The maximum Gasteiger partial charge on any atom is 0.233 e. The van der Waals surface area contributed by atoms with Crippen molar-refractivity contribution in [2.75, 3.05) is 12.8 Å². The van der Waals surface area contributed by atoms with E-state index in [1.165, 1.54) is 29.5 Å². The molecule has 2 heterocycles. The molecule has 1 amide bonds. The van der Waals surface area contributed by atoms with Gasteiger partial charge in [-0.25, -0.2) is 4.68 Å². The molecule has 0 unspecified atom stereocenters. The summed E-state index contributed by atoms with van der Waals surface area (Å²) < 4.78 is 1.76. The molecule has 0 spiro atoms. The molecule has 0 aliphatic heterocycles. The van der Waals surface area contributed by atoms with E-state index in [9.17, 15) is 4.79 Å². The van der Waals surface area contributed by atoms with Gasteiger partial charge < -0.3 is 4.90 Å². The number of amides is 1. The van der Waals surface area contributed by atoms with E-state index in [1.54, 1.807) is 16.0 Å². The highest BCUT2D eigenvalue weighted by atomic mass is 32.2.